The number of piperidine rings is 1. The van der Waals surface area contributed by atoms with Crippen LogP contribution in [0.1, 0.15) is 31.2 Å². The first-order valence-electron chi connectivity index (χ1n) is 7.08. The fourth-order valence-corrected chi connectivity index (χ4v) is 2.47. The van der Waals surface area contributed by atoms with Gasteiger partial charge in [-0.3, -0.25) is 0 Å². The Morgan fingerprint density at radius 1 is 1.25 bits per heavy atom. The fourth-order valence-electron chi connectivity index (χ4n) is 2.47. The van der Waals surface area contributed by atoms with Crippen molar-refractivity contribution in [3.8, 4) is 11.4 Å². The van der Waals surface area contributed by atoms with Crippen LogP contribution in [0.15, 0.2) is 28.8 Å². The van der Waals surface area contributed by atoms with E-state index in [0.717, 1.165) is 25.1 Å². The third kappa shape index (κ3) is 2.46. The Labute approximate surface area is 118 Å². The van der Waals surface area contributed by atoms with E-state index in [1.807, 2.05) is 12.1 Å². The lowest BCUT2D eigenvalue weighted by atomic mass is 9.92. The standard InChI is InChI=1S/C15H19N3O2/c1-2-11-3-5-12(6-4-11)13-17-14(20-18-13)15(19)7-9-16-10-8-15/h3-6,16,19H,2,7-10H2,1H3. The van der Waals surface area contributed by atoms with Gasteiger partial charge in [0.2, 0.25) is 5.82 Å². The second-order valence-electron chi connectivity index (χ2n) is 5.26. The highest BCUT2D eigenvalue weighted by atomic mass is 16.5. The van der Waals surface area contributed by atoms with Crippen LogP contribution in [-0.2, 0) is 12.0 Å². The molecule has 0 radical (unpaired) electrons. The minimum absolute atomic E-state index is 0.327. The lowest BCUT2D eigenvalue weighted by molar-refractivity contribution is -0.0228. The Hall–Kier alpha value is -1.72. The highest BCUT2D eigenvalue weighted by Crippen LogP contribution is 2.30. The summed E-state index contributed by atoms with van der Waals surface area (Å²) in [5, 5.41) is 17.8. The van der Waals surface area contributed by atoms with Gasteiger partial charge in [0.25, 0.3) is 5.89 Å². The molecule has 1 aliphatic rings. The van der Waals surface area contributed by atoms with Crippen molar-refractivity contribution in [3.05, 3.63) is 35.7 Å². The molecule has 2 aromatic rings. The summed E-state index contributed by atoms with van der Waals surface area (Å²) in [4.78, 5) is 4.38. The van der Waals surface area contributed by atoms with Crippen molar-refractivity contribution >= 4 is 0 Å². The lowest BCUT2D eigenvalue weighted by Gasteiger charge is -2.28. The van der Waals surface area contributed by atoms with Gasteiger partial charge >= 0.3 is 0 Å². The maximum absolute atomic E-state index is 10.5. The fraction of sp³-hybridized carbons (Fsp3) is 0.467. The number of aliphatic hydroxyl groups is 1. The molecule has 0 bridgehead atoms. The number of nitrogens with one attached hydrogen (secondary N) is 1. The quantitative estimate of drug-likeness (QED) is 0.893. The van der Waals surface area contributed by atoms with Gasteiger partial charge < -0.3 is 14.9 Å². The van der Waals surface area contributed by atoms with E-state index in [2.05, 4.69) is 34.5 Å². The molecule has 3 rings (SSSR count). The molecule has 5 heteroatoms. The van der Waals surface area contributed by atoms with Gasteiger partial charge in [0, 0.05) is 5.56 Å². The van der Waals surface area contributed by atoms with Crippen LogP contribution in [0.3, 0.4) is 0 Å². The second-order valence-corrected chi connectivity index (χ2v) is 5.26. The molecule has 1 aromatic carbocycles. The molecule has 1 fully saturated rings. The molecule has 0 unspecified atom stereocenters. The third-order valence-corrected chi connectivity index (χ3v) is 3.88. The molecule has 20 heavy (non-hydrogen) atoms. The van der Waals surface area contributed by atoms with E-state index >= 15 is 0 Å². The van der Waals surface area contributed by atoms with Gasteiger partial charge in [0.05, 0.1) is 0 Å². The van der Waals surface area contributed by atoms with E-state index in [0.29, 0.717) is 24.6 Å². The van der Waals surface area contributed by atoms with E-state index in [1.54, 1.807) is 0 Å². The number of aromatic nitrogens is 2. The third-order valence-electron chi connectivity index (χ3n) is 3.88. The molecule has 1 aliphatic heterocycles. The van der Waals surface area contributed by atoms with Crippen molar-refractivity contribution in [3.63, 3.8) is 0 Å². The Morgan fingerprint density at radius 3 is 2.60 bits per heavy atom. The van der Waals surface area contributed by atoms with E-state index in [1.165, 1.54) is 5.56 Å². The van der Waals surface area contributed by atoms with E-state index in [9.17, 15) is 5.11 Å². The molecule has 106 valence electrons. The number of rotatable bonds is 3. The summed E-state index contributed by atoms with van der Waals surface area (Å²) in [6.45, 7) is 3.65. The van der Waals surface area contributed by atoms with Crippen molar-refractivity contribution < 1.29 is 9.63 Å². The SMILES string of the molecule is CCc1ccc(-c2noc(C3(O)CCNCC3)n2)cc1. The molecular formula is C15H19N3O2. The summed E-state index contributed by atoms with van der Waals surface area (Å²) < 4.78 is 5.28. The summed E-state index contributed by atoms with van der Waals surface area (Å²) in [5.41, 5.74) is 1.20. The highest BCUT2D eigenvalue weighted by molar-refractivity contribution is 5.54. The molecule has 2 N–H and O–H groups in total. The molecule has 0 spiro atoms. The van der Waals surface area contributed by atoms with Crippen molar-refractivity contribution in [1.29, 1.82) is 0 Å². The number of hydrogen-bond acceptors (Lipinski definition) is 5. The summed E-state index contributed by atoms with van der Waals surface area (Å²) in [6.07, 6.45) is 2.21. The molecule has 1 saturated heterocycles. The highest BCUT2D eigenvalue weighted by Gasteiger charge is 2.37. The molecule has 0 aliphatic carbocycles. The molecule has 0 atom stereocenters. The smallest absolute Gasteiger partial charge is 0.259 e. The topological polar surface area (TPSA) is 71.2 Å². The van der Waals surface area contributed by atoms with Gasteiger partial charge in [0.15, 0.2) is 0 Å². The summed E-state index contributed by atoms with van der Waals surface area (Å²) in [7, 11) is 0. The Morgan fingerprint density at radius 2 is 1.95 bits per heavy atom. The van der Waals surface area contributed by atoms with Crippen LogP contribution in [0.2, 0.25) is 0 Å². The average Bonchev–Trinajstić information content (AvgIpc) is 2.99. The van der Waals surface area contributed by atoms with Gasteiger partial charge in [-0.25, -0.2) is 0 Å². The van der Waals surface area contributed by atoms with E-state index in [4.69, 9.17) is 4.52 Å². The number of hydrogen-bond donors (Lipinski definition) is 2. The van der Waals surface area contributed by atoms with Gasteiger partial charge in [-0.05, 0) is 37.9 Å². The molecule has 2 heterocycles. The van der Waals surface area contributed by atoms with Crippen LogP contribution >= 0.6 is 0 Å². The van der Waals surface area contributed by atoms with Crippen molar-refractivity contribution in [2.75, 3.05) is 13.1 Å². The van der Waals surface area contributed by atoms with Crippen LogP contribution in [-0.4, -0.2) is 28.3 Å². The first-order chi connectivity index (χ1) is 9.71. The van der Waals surface area contributed by atoms with Crippen LogP contribution < -0.4 is 5.32 Å². The van der Waals surface area contributed by atoms with Gasteiger partial charge in [-0.15, -0.1) is 0 Å². The number of aryl methyl sites for hydroxylation is 1. The minimum Gasteiger partial charge on any atom is -0.380 e. The zero-order valence-electron chi connectivity index (χ0n) is 11.6. The van der Waals surface area contributed by atoms with Gasteiger partial charge in [0.1, 0.15) is 5.60 Å². The Bertz CT molecular complexity index is 571. The largest absolute Gasteiger partial charge is 0.380 e. The number of nitrogens with zero attached hydrogens (tertiary/aromatic N) is 2. The van der Waals surface area contributed by atoms with Gasteiger partial charge in [-0.2, -0.15) is 4.98 Å². The number of benzene rings is 1. The predicted octanol–water partition coefficient (Wildman–Crippen LogP) is 1.87. The zero-order valence-corrected chi connectivity index (χ0v) is 11.6. The van der Waals surface area contributed by atoms with Crippen molar-refractivity contribution in [1.82, 2.24) is 15.5 Å². The molecule has 0 saturated carbocycles. The average molecular weight is 273 g/mol. The Balaban J connectivity index is 1.85. The van der Waals surface area contributed by atoms with E-state index < -0.39 is 5.60 Å². The van der Waals surface area contributed by atoms with Crippen molar-refractivity contribution in [2.45, 2.75) is 31.8 Å². The minimum atomic E-state index is -0.986. The second kappa shape index (κ2) is 5.34. The molecule has 1 aromatic heterocycles. The predicted molar refractivity (Wildman–Crippen MR) is 75.1 cm³/mol. The zero-order chi connectivity index (χ0) is 14.0. The maximum Gasteiger partial charge on any atom is 0.259 e. The lowest BCUT2D eigenvalue weighted by Crippen LogP contribution is -2.39. The monoisotopic (exact) mass is 273 g/mol. The molecule has 5 nitrogen and oxygen atoms in total. The normalized spacial score (nSPS) is 18.1. The molecule has 0 amide bonds. The van der Waals surface area contributed by atoms with Crippen molar-refractivity contribution in [2.24, 2.45) is 0 Å². The maximum atomic E-state index is 10.5. The molecular weight excluding hydrogens is 254 g/mol. The Kier molecular flexibility index (Phi) is 3.54. The summed E-state index contributed by atoms with van der Waals surface area (Å²) in [6, 6.07) is 8.09. The van der Waals surface area contributed by atoms with Crippen LogP contribution in [0.25, 0.3) is 11.4 Å². The first-order valence-corrected chi connectivity index (χ1v) is 7.08. The summed E-state index contributed by atoms with van der Waals surface area (Å²) >= 11 is 0. The van der Waals surface area contributed by atoms with Crippen LogP contribution in [0.4, 0.5) is 0 Å². The van der Waals surface area contributed by atoms with Crippen LogP contribution in [0.5, 0.6) is 0 Å². The van der Waals surface area contributed by atoms with E-state index in [-0.39, 0.29) is 0 Å². The van der Waals surface area contributed by atoms with Gasteiger partial charge in [-0.1, -0.05) is 36.3 Å². The summed E-state index contributed by atoms with van der Waals surface area (Å²) in [5.74, 6) is 0.864. The first kappa shape index (κ1) is 13.3. The van der Waals surface area contributed by atoms with Crippen LogP contribution in [0, 0.1) is 0 Å².